The van der Waals surface area contributed by atoms with E-state index in [0.29, 0.717) is 0 Å². The fourth-order valence-corrected chi connectivity index (χ4v) is 1.99. The second-order valence-corrected chi connectivity index (χ2v) is 4.11. The molecule has 15 heavy (non-hydrogen) atoms. The molecule has 0 bridgehead atoms. The van der Waals surface area contributed by atoms with Gasteiger partial charge in [-0.25, -0.2) is 0 Å². The Labute approximate surface area is 90.7 Å². The summed E-state index contributed by atoms with van der Waals surface area (Å²) in [5, 5.41) is 9.73. The van der Waals surface area contributed by atoms with Crippen molar-refractivity contribution >= 4 is 6.21 Å². The molecule has 0 spiro atoms. The van der Waals surface area contributed by atoms with Gasteiger partial charge in [-0.15, -0.1) is 0 Å². The predicted molar refractivity (Wildman–Crippen MR) is 62.3 cm³/mol. The van der Waals surface area contributed by atoms with Crippen molar-refractivity contribution in [3.63, 3.8) is 0 Å². The Kier molecular flexibility index (Phi) is 3.51. The molecule has 2 rings (SSSR count). The number of aliphatic hydroxyl groups is 1. The van der Waals surface area contributed by atoms with Gasteiger partial charge in [-0.3, -0.25) is 4.99 Å². The fraction of sp³-hybridized carbons (Fsp3) is 0.462. The maximum absolute atomic E-state index is 9.73. The van der Waals surface area contributed by atoms with Crippen LogP contribution in [0.15, 0.2) is 35.3 Å². The molecular formula is C13H17NO. The zero-order valence-corrected chi connectivity index (χ0v) is 8.84. The zero-order valence-electron chi connectivity index (χ0n) is 8.84. The first-order valence-electron chi connectivity index (χ1n) is 5.62. The molecule has 2 heteroatoms. The van der Waals surface area contributed by atoms with Gasteiger partial charge >= 0.3 is 0 Å². The summed E-state index contributed by atoms with van der Waals surface area (Å²) in [6, 6.07) is 10.2. The van der Waals surface area contributed by atoms with Gasteiger partial charge < -0.3 is 5.11 Å². The van der Waals surface area contributed by atoms with E-state index in [0.717, 1.165) is 24.8 Å². The van der Waals surface area contributed by atoms with E-state index in [-0.39, 0.29) is 12.1 Å². The standard InChI is InChI=1S/C13H17NO/c15-13-9-5-4-8-12(13)14-10-11-6-2-1-3-7-11/h1-3,6-7,10,12-13,15H,4-5,8-9H2/t12?,13-/m1/s1. The smallest absolute Gasteiger partial charge is 0.0763 e. The number of hydrogen-bond donors (Lipinski definition) is 1. The van der Waals surface area contributed by atoms with Crippen LogP contribution in [-0.2, 0) is 0 Å². The Bertz CT molecular complexity index is 321. The Morgan fingerprint density at radius 2 is 1.87 bits per heavy atom. The third-order valence-electron chi connectivity index (χ3n) is 2.91. The van der Waals surface area contributed by atoms with Crippen LogP contribution in [0.3, 0.4) is 0 Å². The van der Waals surface area contributed by atoms with Crippen molar-refractivity contribution in [1.29, 1.82) is 0 Å². The van der Waals surface area contributed by atoms with Crippen LogP contribution in [0.5, 0.6) is 0 Å². The molecule has 1 unspecified atom stereocenters. The first-order valence-corrected chi connectivity index (χ1v) is 5.62. The van der Waals surface area contributed by atoms with Gasteiger partial charge in [0.15, 0.2) is 0 Å². The molecule has 1 fully saturated rings. The molecule has 1 saturated carbocycles. The lowest BCUT2D eigenvalue weighted by Crippen LogP contribution is -2.28. The van der Waals surface area contributed by atoms with Gasteiger partial charge in [-0.1, -0.05) is 43.2 Å². The minimum absolute atomic E-state index is 0.110. The lowest BCUT2D eigenvalue weighted by Gasteiger charge is -2.23. The summed E-state index contributed by atoms with van der Waals surface area (Å²) in [6.45, 7) is 0. The number of aliphatic imine (C=N–C) groups is 1. The highest BCUT2D eigenvalue weighted by Gasteiger charge is 2.21. The normalized spacial score (nSPS) is 27.0. The molecule has 1 aromatic rings. The van der Waals surface area contributed by atoms with E-state index in [9.17, 15) is 5.11 Å². The molecule has 0 saturated heterocycles. The van der Waals surface area contributed by atoms with Crippen LogP contribution >= 0.6 is 0 Å². The minimum atomic E-state index is -0.237. The summed E-state index contributed by atoms with van der Waals surface area (Å²) in [5.41, 5.74) is 1.11. The zero-order chi connectivity index (χ0) is 10.5. The number of rotatable bonds is 2. The third-order valence-corrected chi connectivity index (χ3v) is 2.91. The summed E-state index contributed by atoms with van der Waals surface area (Å²) in [5.74, 6) is 0. The molecule has 1 N–H and O–H groups in total. The molecule has 0 heterocycles. The molecule has 80 valence electrons. The Balaban J connectivity index is 1.98. The number of aliphatic hydroxyl groups excluding tert-OH is 1. The quantitative estimate of drug-likeness (QED) is 0.735. The third kappa shape index (κ3) is 2.90. The Morgan fingerprint density at radius 1 is 1.13 bits per heavy atom. The summed E-state index contributed by atoms with van der Waals surface area (Å²) < 4.78 is 0. The van der Waals surface area contributed by atoms with Crippen molar-refractivity contribution in [3.8, 4) is 0 Å². The van der Waals surface area contributed by atoms with E-state index in [2.05, 4.69) is 4.99 Å². The van der Waals surface area contributed by atoms with E-state index in [4.69, 9.17) is 0 Å². The summed E-state index contributed by atoms with van der Waals surface area (Å²) in [4.78, 5) is 4.46. The predicted octanol–water partition coefficient (Wildman–Crippen LogP) is 2.41. The van der Waals surface area contributed by atoms with Gasteiger partial charge in [0.25, 0.3) is 0 Å². The monoisotopic (exact) mass is 203 g/mol. The number of nitrogens with zero attached hydrogens (tertiary/aromatic N) is 1. The molecular weight excluding hydrogens is 186 g/mol. The fourth-order valence-electron chi connectivity index (χ4n) is 1.99. The van der Waals surface area contributed by atoms with E-state index in [1.165, 1.54) is 6.42 Å². The van der Waals surface area contributed by atoms with Crippen molar-refractivity contribution in [3.05, 3.63) is 35.9 Å². The van der Waals surface area contributed by atoms with Gasteiger partial charge in [-0.05, 0) is 18.4 Å². The van der Waals surface area contributed by atoms with Gasteiger partial charge in [0, 0.05) is 6.21 Å². The van der Waals surface area contributed by atoms with Crippen molar-refractivity contribution in [2.75, 3.05) is 0 Å². The van der Waals surface area contributed by atoms with Crippen LogP contribution < -0.4 is 0 Å². The van der Waals surface area contributed by atoms with E-state index in [1.54, 1.807) is 0 Å². The summed E-state index contributed by atoms with van der Waals surface area (Å²) in [6.07, 6.45) is 5.88. The minimum Gasteiger partial charge on any atom is -0.391 e. The Morgan fingerprint density at radius 3 is 2.60 bits per heavy atom. The van der Waals surface area contributed by atoms with Crippen LogP contribution in [-0.4, -0.2) is 23.5 Å². The lowest BCUT2D eigenvalue weighted by atomic mass is 9.93. The lowest BCUT2D eigenvalue weighted by molar-refractivity contribution is 0.110. The van der Waals surface area contributed by atoms with Crippen LogP contribution in [0.1, 0.15) is 31.2 Å². The molecule has 2 nitrogen and oxygen atoms in total. The largest absolute Gasteiger partial charge is 0.391 e. The average Bonchev–Trinajstić information content (AvgIpc) is 2.29. The average molecular weight is 203 g/mol. The number of benzene rings is 1. The second kappa shape index (κ2) is 5.08. The molecule has 1 aliphatic rings. The highest BCUT2D eigenvalue weighted by atomic mass is 16.3. The molecule has 0 amide bonds. The van der Waals surface area contributed by atoms with Crippen molar-refractivity contribution in [2.45, 2.75) is 37.8 Å². The maximum Gasteiger partial charge on any atom is 0.0763 e. The van der Waals surface area contributed by atoms with Gasteiger partial charge in [-0.2, -0.15) is 0 Å². The second-order valence-electron chi connectivity index (χ2n) is 4.11. The first-order chi connectivity index (χ1) is 7.36. The highest BCUT2D eigenvalue weighted by Crippen LogP contribution is 2.20. The van der Waals surface area contributed by atoms with Crippen molar-refractivity contribution < 1.29 is 5.11 Å². The maximum atomic E-state index is 9.73. The van der Waals surface area contributed by atoms with E-state index >= 15 is 0 Å². The summed E-state index contributed by atoms with van der Waals surface area (Å²) in [7, 11) is 0. The highest BCUT2D eigenvalue weighted by molar-refractivity contribution is 5.79. The van der Waals surface area contributed by atoms with Crippen LogP contribution in [0.4, 0.5) is 0 Å². The van der Waals surface area contributed by atoms with Gasteiger partial charge in [0.2, 0.25) is 0 Å². The van der Waals surface area contributed by atoms with Crippen LogP contribution in [0, 0.1) is 0 Å². The topological polar surface area (TPSA) is 32.6 Å². The van der Waals surface area contributed by atoms with Crippen LogP contribution in [0.2, 0.25) is 0 Å². The molecule has 1 aliphatic carbocycles. The van der Waals surface area contributed by atoms with Crippen molar-refractivity contribution in [1.82, 2.24) is 0 Å². The Hall–Kier alpha value is -1.15. The molecule has 1 aromatic carbocycles. The molecule has 2 atom stereocenters. The van der Waals surface area contributed by atoms with E-state index < -0.39 is 0 Å². The van der Waals surface area contributed by atoms with E-state index in [1.807, 2.05) is 36.5 Å². The summed E-state index contributed by atoms with van der Waals surface area (Å²) >= 11 is 0. The molecule has 0 aromatic heterocycles. The van der Waals surface area contributed by atoms with Crippen LogP contribution in [0.25, 0.3) is 0 Å². The van der Waals surface area contributed by atoms with Crippen molar-refractivity contribution in [2.24, 2.45) is 4.99 Å². The van der Waals surface area contributed by atoms with Gasteiger partial charge in [0.1, 0.15) is 0 Å². The number of hydrogen-bond acceptors (Lipinski definition) is 2. The molecule has 0 aliphatic heterocycles. The van der Waals surface area contributed by atoms with Gasteiger partial charge in [0.05, 0.1) is 12.1 Å². The SMILES string of the molecule is O[C@@H]1CCCCC1N=Cc1ccccc1. The first kappa shape index (κ1) is 10.4. The molecule has 0 radical (unpaired) electrons.